The summed E-state index contributed by atoms with van der Waals surface area (Å²) >= 11 is 5.66. The number of carboxylic acids is 2. The van der Waals surface area contributed by atoms with Crippen LogP contribution in [-0.4, -0.2) is 104 Å². The van der Waals surface area contributed by atoms with E-state index < -0.39 is 49.2 Å². The van der Waals surface area contributed by atoms with Crippen molar-refractivity contribution in [3.63, 3.8) is 0 Å². The van der Waals surface area contributed by atoms with Gasteiger partial charge < -0.3 is 40.2 Å². The summed E-state index contributed by atoms with van der Waals surface area (Å²) in [6.45, 7) is 17.1. The van der Waals surface area contributed by atoms with E-state index in [1.807, 2.05) is 48.5 Å². The van der Waals surface area contributed by atoms with Crippen LogP contribution in [0.25, 0.3) is 34.0 Å². The molecule has 2 heterocycles. The molecule has 8 rings (SSSR count). The van der Waals surface area contributed by atoms with Gasteiger partial charge in [-0.2, -0.15) is 0 Å². The van der Waals surface area contributed by atoms with Crippen LogP contribution in [0.2, 0.25) is 0 Å². The number of carboxylic acid groups (broad SMARTS) is 2. The Bertz CT molecular complexity index is 3350. The van der Waals surface area contributed by atoms with Crippen LogP contribution < -0.4 is 10.2 Å². The van der Waals surface area contributed by atoms with Crippen molar-refractivity contribution >= 4 is 131 Å². The first kappa shape index (κ1) is 69.0. The molecule has 6 aromatic carbocycles. The van der Waals surface area contributed by atoms with Crippen molar-refractivity contribution < 1.29 is 49.0 Å². The van der Waals surface area contributed by atoms with Gasteiger partial charge in [0.1, 0.15) is 11.6 Å². The van der Waals surface area contributed by atoms with Gasteiger partial charge in [-0.1, -0.05) is 175 Å². The Hall–Kier alpha value is -5.08. The number of carbonyl (C=O) groups excluding carboxylic acids is 2. The van der Waals surface area contributed by atoms with Gasteiger partial charge >= 0.3 is 37.7 Å². The average Bonchev–Trinajstić information content (AvgIpc) is 1.94. The predicted octanol–water partition coefficient (Wildman–Crippen LogP) is 14.0. The number of carbonyl (C=O) groups is 2. The number of aliphatic hydroxyl groups excluding tert-OH is 4. The maximum Gasteiger partial charge on any atom is 2.00 e. The van der Waals surface area contributed by atoms with Crippen LogP contribution in [0, 0.1) is 11.6 Å². The molecule has 0 spiro atoms. The third-order valence-corrected chi connectivity index (χ3v) is 18.1. The van der Waals surface area contributed by atoms with E-state index in [0.29, 0.717) is 66.4 Å². The van der Waals surface area contributed by atoms with Crippen molar-refractivity contribution in [3.8, 4) is 0 Å². The number of benzene rings is 6. The second-order valence-corrected chi connectivity index (χ2v) is 26.2. The Balaban J connectivity index is 0.000000269. The second kappa shape index (κ2) is 32.8. The molecule has 17 heteroatoms. The van der Waals surface area contributed by atoms with Gasteiger partial charge in [-0.15, -0.1) is 0 Å². The van der Waals surface area contributed by atoms with Crippen LogP contribution in [0.5, 0.6) is 0 Å². The Kier molecular flexibility index (Phi) is 26.6. The van der Waals surface area contributed by atoms with Crippen molar-refractivity contribution in [2.75, 3.05) is 0 Å². The van der Waals surface area contributed by atoms with Gasteiger partial charge in [0.05, 0.1) is 45.2 Å². The molecule has 0 amide bonds. The van der Waals surface area contributed by atoms with E-state index in [1.165, 1.54) is 93.6 Å². The summed E-state index contributed by atoms with van der Waals surface area (Å²) < 4.78 is 31.1. The molecule has 0 saturated heterocycles. The van der Waals surface area contributed by atoms with Gasteiger partial charge in [0.15, 0.2) is 0 Å². The zero-order valence-corrected chi connectivity index (χ0v) is 54.3. The monoisotopic (exact) mass is 1250 g/mol. The van der Waals surface area contributed by atoms with Crippen LogP contribution >= 0.6 is 47.0 Å². The maximum atomic E-state index is 15.6. The molecule has 440 valence electrons. The first-order valence-electron chi connectivity index (χ1n) is 27.8. The molecule has 0 radical (unpaired) electrons. The molecule has 4 N–H and O–H groups in total. The van der Waals surface area contributed by atoms with Crippen molar-refractivity contribution in [1.29, 1.82) is 0 Å². The number of fused-ring (bicyclic) bond motifs is 2. The summed E-state index contributed by atoms with van der Waals surface area (Å²) in [4.78, 5) is 37.0. The molecule has 8 aromatic rings. The number of aromatic nitrogens is 2. The van der Waals surface area contributed by atoms with Gasteiger partial charge in [0, 0.05) is 101 Å². The average molecular weight is 1250 g/mol. The van der Waals surface area contributed by atoms with E-state index in [0.717, 1.165) is 29.4 Å². The number of hydrogen-bond donors (Lipinski definition) is 4. The van der Waals surface area contributed by atoms with Gasteiger partial charge in [-0.3, -0.25) is 9.97 Å². The number of nitrogens with zero attached hydrogens (tertiary/aromatic N) is 2. The SMILES string of the molecule is CC(C)c1ccc(Sc2cc3ncc(/C=C/[C@@H](O)C[C@@H](O)CC(=O)[O-])c(Sc4ccc(C(C)C)cc4)c3cc2F)cc1.CC(C)c1ccc(Sc2cc3ncc(/C=C/[C@@H](O)C[C@@H](O)CC(=O)[O-])c(Sc4ccc(C(C)C)cc4)c3cc2F)cc1.[Ca+2]. The number of rotatable bonds is 24. The summed E-state index contributed by atoms with van der Waals surface area (Å²) in [5.74, 6) is -1.86. The molecule has 4 atom stereocenters. The fourth-order valence-corrected chi connectivity index (χ4v) is 12.6. The topological polar surface area (TPSA) is 187 Å². The minimum atomic E-state index is -1.38. The zero-order valence-electron chi connectivity index (χ0n) is 48.9. The predicted molar refractivity (Wildman–Crippen MR) is 338 cm³/mol. The van der Waals surface area contributed by atoms with Crippen molar-refractivity contribution in [3.05, 3.63) is 191 Å². The number of hydrogen-bond acceptors (Lipinski definition) is 14. The van der Waals surface area contributed by atoms with Crippen LogP contribution in [0.15, 0.2) is 185 Å². The Morgan fingerprint density at radius 1 is 0.471 bits per heavy atom. The Morgan fingerprint density at radius 2 is 0.753 bits per heavy atom. The van der Waals surface area contributed by atoms with E-state index in [-0.39, 0.29) is 62.2 Å². The molecule has 0 unspecified atom stereocenters. The van der Waals surface area contributed by atoms with E-state index in [4.69, 9.17) is 0 Å². The summed E-state index contributed by atoms with van der Waals surface area (Å²) in [7, 11) is 0. The normalized spacial score (nSPS) is 13.2. The number of pyridine rings is 2. The first-order valence-corrected chi connectivity index (χ1v) is 31.1. The van der Waals surface area contributed by atoms with Gasteiger partial charge in [-0.25, -0.2) is 8.78 Å². The van der Waals surface area contributed by atoms with E-state index in [9.17, 15) is 40.2 Å². The molecule has 0 bridgehead atoms. The summed E-state index contributed by atoms with van der Waals surface area (Å²) in [5.41, 5.74) is 7.49. The molecular weight excluding hydrogens is 1180 g/mol. The maximum absolute atomic E-state index is 15.6. The molecular formula is C68H70CaF2N2O8S4. The third kappa shape index (κ3) is 20.5. The Morgan fingerprint density at radius 3 is 1.02 bits per heavy atom. The smallest absolute Gasteiger partial charge is 0.550 e. The number of aliphatic carboxylic acids is 2. The number of aliphatic hydroxyl groups is 4. The van der Waals surface area contributed by atoms with Crippen LogP contribution in [0.1, 0.15) is 138 Å². The molecule has 2 aromatic heterocycles. The van der Waals surface area contributed by atoms with Crippen LogP contribution in [-0.2, 0) is 9.59 Å². The van der Waals surface area contributed by atoms with E-state index in [2.05, 4.69) is 114 Å². The fraction of sp³-hybridized carbons (Fsp3) is 0.294. The van der Waals surface area contributed by atoms with Crippen molar-refractivity contribution in [2.45, 2.75) is 168 Å². The summed E-state index contributed by atoms with van der Waals surface area (Å²) in [5, 5.41) is 63.3. The minimum absolute atomic E-state index is 0. The summed E-state index contributed by atoms with van der Waals surface area (Å²) in [6.07, 6.45) is 3.60. The third-order valence-electron chi connectivity index (χ3n) is 13.7. The van der Waals surface area contributed by atoms with Gasteiger partial charge in [0.2, 0.25) is 0 Å². The van der Waals surface area contributed by atoms with Gasteiger partial charge in [-0.05, 0) is 119 Å². The molecule has 0 aliphatic carbocycles. The van der Waals surface area contributed by atoms with Crippen molar-refractivity contribution in [1.82, 2.24) is 9.97 Å². The number of halogens is 2. The molecule has 0 aliphatic heterocycles. The Labute approximate surface area is 544 Å². The molecule has 10 nitrogen and oxygen atoms in total. The second-order valence-electron chi connectivity index (χ2n) is 21.8. The zero-order chi connectivity index (χ0) is 60.8. The summed E-state index contributed by atoms with van der Waals surface area (Å²) in [6, 6.07) is 39.2. The largest absolute Gasteiger partial charge is 2.00 e. The van der Waals surface area contributed by atoms with Crippen LogP contribution in [0.4, 0.5) is 8.78 Å². The first-order chi connectivity index (χ1) is 40.0. The quantitative estimate of drug-likeness (QED) is 0.0419. The molecule has 0 fully saturated rings. The van der Waals surface area contributed by atoms with E-state index in [1.54, 1.807) is 36.7 Å². The minimum Gasteiger partial charge on any atom is -0.550 e. The molecule has 0 aliphatic rings. The van der Waals surface area contributed by atoms with E-state index >= 15 is 8.78 Å². The van der Waals surface area contributed by atoms with Gasteiger partial charge in [0.25, 0.3) is 0 Å². The molecule has 0 saturated carbocycles. The van der Waals surface area contributed by atoms with Crippen molar-refractivity contribution in [2.24, 2.45) is 0 Å². The fourth-order valence-electron chi connectivity index (χ4n) is 8.86. The molecule has 85 heavy (non-hydrogen) atoms. The van der Waals surface area contributed by atoms with Crippen LogP contribution in [0.3, 0.4) is 0 Å². The standard InChI is InChI=1S/2C34H36FNO4S2.Ca/c2*1-20(2)22-6-11-27(12-7-22)41-32-18-31-29(17-30(32)35)34(42-28-13-8-23(9-14-28)21(3)4)24(19-36-31)5-10-25(37)15-26(38)16-33(39)40;/h2*5-14,17-21,25-26,37-38H,15-16H2,1-4H3,(H,39,40);/q;;+2/p-2/b2*10-5+;/t2*25-,26-;/m11./s1.